The number of benzene rings is 1. The number of nitrogens with one attached hydrogen (secondary N) is 2. The van der Waals surface area contributed by atoms with Crippen molar-refractivity contribution in [3.05, 3.63) is 88.0 Å². The van der Waals surface area contributed by atoms with E-state index in [2.05, 4.69) is 15.3 Å². The minimum atomic E-state index is -1.02. The van der Waals surface area contributed by atoms with Crippen LogP contribution in [0, 0.1) is 11.3 Å². The second-order valence-electron chi connectivity index (χ2n) is 9.69. The van der Waals surface area contributed by atoms with Crippen LogP contribution >= 0.6 is 0 Å². The van der Waals surface area contributed by atoms with E-state index in [-0.39, 0.29) is 17.3 Å². The van der Waals surface area contributed by atoms with E-state index < -0.39 is 11.9 Å². The summed E-state index contributed by atoms with van der Waals surface area (Å²) < 4.78 is 1.85. The van der Waals surface area contributed by atoms with Crippen molar-refractivity contribution in [1.82, 2.24) is 19.5 Å². The summed E-state index contributed by atoms with van der Waals surface area (Å²) in [6.07, 6.45) is 8.15. The number of pyridine rings is 2. The zero-order valence-corrected chi connectivity index (χ0v) is 21.2. The molecule has 9 nitrogen and oxygen atoms in total. The third kappa shape index (κ3) is 5.18. The third-order valence-electron chi connectivity index (χ3n) is 7.14. The lowest BCUT2D eigenvalue weighted by molar-refractivity contribution is -0.139. The van der Waals surface area contributed by atoms with Gasteiger partial charge < -0.3 is 15.8 Å². The van der Waals surface area contributed by atoms with Gasteiger partial charge in [-0.2, -0.15) is 4.98 Å². The molecule has 1 aliphatic rings. The van der Waals surface area contributed by atoms with Crippen LogP contribution in [-0.2, 0) is 11.2 Å². The average Bonchev–Trinajstić information content (AvgIpc) is 3.45. The quantitative estimate of drug-likeness (QED) is 0.266. The van der Waals surface area contributed by atoms with Crippen molar-refractivity contribution in [3.63, 3.8) is 0 Å². The number of nitrogens with zero attached hydrogens (tertiary/aromatic N) is 4. The highest BCUT2D eigenvalue weighted by molar-refractivity contribution is 6.09. The Balaban J connectivity index is 1.46. The summed E-state index contributed by atoms with van der Waals surface area (Å²) in [5, 5.41) is 21.4. The molecule has 1 aromatic carbocycles. The van der Waals surface area contributed by atoms with E-state index in [9.17, 15) is 14.7 Å². The first-order chi connectivity index (χ1) is 18.4. The molecule has 5 rings (SSSR count). The number of carboxylic acids is 1. The average molecular weight is 511 g/mol. The number of anilines is 2. The van der Waals surface area contributed by atoms with E-state index in [0.717, 1.165) is 42.2 Å². The van der Waals surface area contributed by atoms with Crippen LogP contribution in [0.4, 0.5) is 11.8 Å². The summed E-state index contributed by atoms with van der Waals surface area (Å²) in [7, 11) is 0. The number of aliphatic carboxylic acids is 1. The van der Waals surface area contributed by atoms with Gasteiger partial charge in [0, 0.05) is 41.4 Å². The molecule has 0 bridgehead atoms. The Hall–Kier alpha value is -4.40. The molecule has 1 atom stereocenters. The largest absolute Gasteiger partial charge is 0.481 e. The Morgan fingerprint density at radius 2 is 1.89 bits per heavy atom. The maximum absolute atomic E-state index is 13.7. The number of fused-ring (bicyclic) bond motifs is 1. The van der Waals surface area contributed by atoms with Gasteiger partial charge >= 0.3 is 5.97 Å². The number of hydrogen-bond donors (Lipinski definition) is 3. The molecule has 0 amide bonds. The maximum atomic E-state index is 13.7. The number of carboxylic acid groups (broad SMARTS) is 1. The van der Waals surface area contributed by atoms with Crippen molar-refractivity contribution >= 4 is 34.5 Å². The van der Waals surface area contributed by atoms with Crippen LogP contribution < -0.4 is 10.9 Å². The molecule has 194 valence electrons. The number of rotatable bonds is 9. The van der Waals surface area contributed by atoms with Gasteiger partial charge in [-0.15, -0.1) is 0 Å². The van der Waals surface area contributed by atoms with E-state index in [1.807, 2.05) is 41.0 Å². The molecule has 1 saturated carbocycles. The van der Waals surface area contributed by atoms with Gasteiger partial charge in [-0.1, -0.05) is 50.1 Å². The first kappa shape index (κ1) is 25.3. The molecule has 38 heavy (non-hydrogen) atoms. The first-order valence-corrected chi connectivity index (χ1v) is 12.9. The Bertz CT molecular complexity index is 1530. The summed E-state index contributed by atoms with van der Waals surface area (Å²) in [6, 6.07) is 15.3. The van der Waals surface area contributed by atoms with E-state index in [4.69, 9.17) is 10.4 Å². The third-order valence-corrected chi connectivity index (χ3v) is 7.14. The van der Waals surface area contributed by atoms with Crippen LogP contribution in [0.2, 0.25) is 0 Å². The molecule has 1 fully saturated rings. The fourth-order valence-corrected chi connectivity index (χ4v) is 5.13. The lowest BCUT2D eigenvalue weighted by Crippen LogP contribution is -2.28. The highest BCUT2D eigenvalue weighted by Gasteiger charge is 2.24. The van der Waals surface area contributed by atoms with Gasteiger partial charge in [0.15, 0.2) is 0 Å². The van der Waals surface area contributed by atoms with Crippen molar-refractivity contribution in [2.24, 2.45) is 5.92 Å². The number of aromatic nitrogens is 4. The Kier molecular flexibility index (Phi) is 7.26. The fourth-order valence-electron chi connectivity index (χ4n) is 5.13. The molecule has 0 spiro atoms. The number of carbonyl (C=O) groups is 1. The van der Waals surface area contributed by atoms with Crippen LogP contribution in [-0.4, -0.2) is 36.3 Å². The smallest absolute Gasteiger partial charge is 0.312 e. The van der Waals surface area contributed by atoms with Gasteiger partial charge in [0.2, 0.25) is 5.95 Å². The minimum absolute atomic E-state index is 0.0113. The molecule has 9 heteroatoms. The van der Waals surface area contributed by atoms with Crippen LogP contribution in [0.5, 0.6) is 0 Å². The van der Waals surface area contributed by atoms with Gasteiger partial charge in [0.1, 0.15) is 11.5 Å². The predicted octanol–water partition coefficient (Wildman–Crippen LogP) is 5.11. The van der Waals surface area contributed by atoms with E-state index in [0.29, 0.717) is 35.8 Å². The summed E-state index contributed by atoms with van der Waals surface area (Å²) in [5.41, 5.74) is 2.87. The first-order valence-electron chi connectivity index (χ1n) is 12.9. The molecule has 3 N–H and O–H groups in total. The number of hydrogen-bond acceptors (Lipinski definition) is 7. The van der Waals surface area contributed by atoms with Gasteiger partial charge in [0.05, 0.1) is 11.6 Å². The molecule has 0 saturated heterocycles. The van der Waals surface area contributed by atoms with Gasteiger partial charge in [-0.25, -0.2) is 9.97 Å². The highest BCUT2D eigenvalue weighted by Crippen LogP contribution is 2.31. The topological polar surface area (TPSA) is 134 Å². The Morgan fingerprint density at radius 1 is 1.13 bits per heavy atom. The van der Waals surface area contributed by atoms with Crippen molar-refractivity contribution in [2.45, 2.75) is 51.5 Å². The van der Waals surface area contributed by atoms with E-state index in [1.165, 1.54) is 6.20 Å². The van der Waals surface area contributed by atoms with Crippen LogP contribution in [0.1, 0.15) is 61.8 Å². The van der Waals surface area contributed by atoms with Crippen LogP contribution in [0.15, 0.2) is 65.7 Å². The standard InChI is InChI=1S/C29H30N6O3/c1-2-23(28(37)38)25(30)19-12-13-24(31-16-19)33-29-32-17-21-15-20(14-18-8-4-3-5-9-18)27(36)35(26(21)34-29)22-10-6-7-11-22/h3-5,8-9,12-13,15-17,22-23,30H,2,6-7,10-11,14H2,1H3,(H,37,38)(H,31,32,33,34). The van der Waals surface area contributed by atoms with Crippen molar-refractivity contribution in [1.29, 1.82) is 5.41 Å². The second-order valence-corrected chi connectivity index (χ2v) is 9.69. The maximum Gasteiger partial charge on any atom is 0.312 e. The lowest BCUT2D eigenvalue weighted by atomic mass is 9.95. The van der Waals surface area contributed by atoms with Crippen LogP contribution in [0.25, 0.3) is 11.0 Å². The van der Waals surface area contributed by atoms with Gasteiger partial charge in [-0.05, 0) is 43.0 Å². The minimum Gasteiger partial charge on any atom is -0.481 e. The molecule has 1 aliphatic carbocycles. The summed E-state index contributed by atoms with van der Waals surface area (Å²) in [4.78, 5) is 38.6. The highest BCUT2D eigenvalue weighted by atomic mass is 16.4. The summed E-state index contributed by atoms with van der Waals surface area (Å²) in [6.45, 7) is 1.74. The molecular weight excluding hydrogens is 480 g/mol. The summed E-state index contributed by atoms with van der Waals surface area (Å²) in [5.74, 6) is -1.13. The molecule has 0 aliphatic heterocycles. The van der Waals surface area contributed by atoms with E-state index in [1.54, 1.807) is 25.3 Å². The van der Waals surface area contributed by atoms with E-state index >= 15 is 0 Å². The fraction of sp³-hybridized carbons (Fsp3) is 0.310. The Labute approximate surface area is 220 Å². The second kappa shape index (κ2) is 10.9. The SMILES string of the molecule is CCC(C(=N)c1ccc(Nc2ncc3cc(Cc4ccccc4)c(=O)n(C4CCCC4)c3n2)nc1)C(=O)O. The zero-order valence-electron chi connectivity index (χ0n) is 21.2. The van der Waals surface area contributed by atoms with Crippen LogP contribution in [0.3, 0.4) is 0 Å². The molecule has 0 radical (unpaired) electrons. The monoisotopic (exact) mass is 510 g/mol. The molecule has 1 unspecified atom stereocenters. The van der Waals surface area contributed by atoms with Gasteiger partial charge in [0.25, 0.3) is 5.56 Å². The summed E-state index contributed by atoms with van der Waals surface area (Å²) >= 11 is 0. The lowest BCUT2D eigenvalue weighted by Gasteiger charge is -2.18. The molecular formula is C29H30N6O3. The molecule has 3 aromatic heterocycles. The normalized spacial score (nSPS) is 14.4. The Morgan fingerprint density at radius 3 is 2.55 bits per heavy atom. The molecule has 4 aromatic rings. The van der Waals surface area contributed by atoms with Crippen molar-refractivity contribution < 1.29 is 9.90 Å². The van der Waals surface area contributed by atoms with Gasteiger partial charge in [-0.3, -0.25) is 14.2 Å². The zero-order chi connectivity index (χ0) is 26.6. The van der Waals surface area contributed by atoms with Crippen molar-refractivity contribution in [2.75, 3.05) is 5.32 Å². The molecule has 3 heterocycles. The predicted molar refractivity (Wildman–Crippen MR) is 146 cm³/mol. The van der Waals surface area contributed by atoms with Crippen molar-refractivity contribution in [3.8, 4) is 0 Å².